The third kappa shape index (κ3) is 1.90. The van der Waals surface area contributed by atoms with E-state index in [0.29, 0.717) is 12.8 Å². The minimum Gasteiger partial charge on any atom is -0.390 e. The Balaban J connectivity index is 2.07. The fraction of sp³-hybridized carbons (Fsp3) is 0.857. The second-order valence-electron chi connectivity index (χ2n) is 6.54. The van der Waals surface area contributed by atoms with E-state index in [1.807, 2.05) is 19.1 Å². The Hall–Kier alpha value is -0.400. The van der Waals surface area contributed by atoms with E-state index >= 15 is 0 Å². The largest absolute Gasteiger partial charge is 0.390 e. The van der Waals surface area contributed by atoms with Gasteiger partial charge in [0.15, 0.2) is 19.7 Å². The maximum Gasteiger partial charge on any atom is 0.160 e. The number of fused-ring (bicyclic) bond motifs is 5. The van der Waals surface area contributed by atoms with Crippen LogP contribution in [-0.4, -0.2) is 49.5 Å². The monoisotopic (exact) mass is 334 g/mol. The first-order valence-electron chi connectivity index (χ1n) is 7.57. The molecule has 2 bridgehead atoms. The Morgan fingerprint density at radius 3 is 2.67 bits per heavy atom. The van der Waals surface area contributed by atoms with Gasteiger partial charge in [0.1, 0.15) is 4.75 Å². The van der Waals surface area contributed by atoms with Gasteiger partial charge >= 0.3 is 0 Å². The molecule has 21 heavy (non-hydrogen) atoms. The summed E-state index contributed by atoms with van der Waals surface area (Å²) in [5, 5.41) is 9.46. The maximum atomic E-state index is 12.9. The van der Waals surface area contributed by atoms with E-state index in [-0.39, 0.29) is 17.6 Å². The van der Waals surface area contributed by atoms with Crippen LogP contribution in [0.1, 0.15) is 32.6 Å². The van der Waals surface area contributed by atoms with Gasteiger partial charge in [0.25, 0.3) is 0 Å². The van der Waals surface area contributed by atoms with E-state index in [1.165, 1.54) is 0 Å². The summed E-state index contributed by atoms with van der Waals surface area (Å²) < 4.78 is 49.1. The molecule has 3 aliphatic rings. The molecule has 0 aromatic carbocycles. The minimum absolute atomic E-state index is 0.0268. The van der Waals surface area contributed by atoms with Crippen molar-refractivity contribution < 1.29 is 21.9 Å². The summed E-state index contributed by atoms with van der Waals surface area (Å²) in [6.07, 6.45) is 5.10. The number of hydrogen-bond donors (Lipinski definition) is 1. The van der Waals surface area contributed by atoms with Crippen molar-refractivity contribution in [1.29, 1.82) is 0 Å². The molecule has 5 nitrogen and oxygen atoms in total. The lowest BCUT2D eigenvalue weighted by molar-refractivity contribution is 0.142. The number of allylic oxidation sites excluding steroid dienone is 2. The predicted molar refractivity (Wildman–Crippen MR) is 80.4 cm³/mol. The molecule has 1 heterocycles. The molecular formula is C14H22O5S2. The van der Waals surface area contributed by atoms with Crippen molar-refractivity contribution in [2.45, 2.75) is 48.7 Å². The van der Waals surface area contributed by atoms with Crippen molar-refractivity contribution in [3.8, 4) is 0 Å². The van der Waals surface area contributed by atoms with Crippen LogP contribution in [0.3, 0.4) is 0 Å². The number of aliphatic hydroxyl groups is 1. The van der Waals surface area contributed by atoms with Crippen molar-refractivity contribution in [2.75, 3.05) is 11.5 Å². The summed E-state index contributed by atoms with van der Waals surface area (Å²) in [4.78, 5) is 0. The summed E-state index contributed by atoms with van der Waals surface area (Å²) in [6.45, 7) is 1.99. The van der Waals surface area contributed by atoms with Gasteiger partial charge in [0.05, 0.1) is 22.9 Å². The lowest BCUT2D eigenvalue weighted by atomic mass is 9.88. The first-order valence-corrected chi connectivity index (χ1v) is 10.9. The molecule has 2 aliphatic carbocycles. The highest BCUT2D eigenvalue weighted by molar-refractivity contribution is 7.97. The van der Waals surface area contributed by atoms with Crippen molar-refractivity contribution in [1.82, 2.24) is 0 Å². The van der Waals surface area contributed by atoms with Gasteiger partial charge in [-0.3, -0.25) is 0 Å². The summed E-state index contributed by atoms with van der Waals surface area (Å²) in [6, 6.07) is 0. The van der Waals surface area contributed by atoms with Crippen LogP contribution < -0.4 is 0 Å². The molecule has 0 aromatic rings. The third-order valence-electron chi connectivity index (χ3n) is 5.38. The van der Waals surface area contributed by atoms with Crippen molar-refractivity contribution in [2.24, 2.45) is 11.8 Å². The van der Waals surface area contributed by atoms with Crippen LogP contribution in [0.15, 0.2) is 12.2 Å². The molecule has 3 rings (SSSR count). The molecule has 2 fully saturated rings. The van der Waals surface area contributed by atoms with Crippen LogP contribution in [0, 0.1) is 11.8 Å². The van der Waals surface area contributed by atoms with Crippen molar-refractivity contribution in [3.05, 3.63) is 12.2 Å². The van der Waals surface area contributed by atoms with E-state index in [4.69, 9.17) is 0 Å². The second kappa shape index (κ2) is 4.80. The van der Waals surface area contributed by atoms with E-state index in [9.17, 15) is 21.9 Å². The summed E-state index contributed by atoms with van der Waals surface area (Å²) in [5.41, 5.74) is 0. The van der Waals surface area contributed by atoms with Crippen molar-refractivity contribution in [3.63, 3.8) is 0 Å². The molecule has 0 amide bonds. The van der Waals surface area contributed by atoms with Crippen LogP contribution in [0.4, 0.5) is 0 Å². The van der Waals surface area contributed by atoms with E-state index in [1.54, 1.807) is 0 Å². The molecule has 7 heteroatoms. The molecule has 120 valence electrons. The molecular weight excluding hydrogens is 312 g/mol. The molecule has 5 atom stereocenters. The van der Waals surface area contributed by atoms with Crippen molar-refractivity contribution >= 4 is 19.7 Å². The highest BCUT2D eigenvalue weighted by atomic mass is 32.2. The first kappa shape index (κ1) is 15.5. The van der Waals surface area contributed by atoms with Crippen LogP contribution in [0.5, 0.6) is 0 Å². The lowest BCUT2D eigenvalue weighted by Crippen LogP contribution is -2.57. The van der Waals surface area contributed by atoms with E-state index < -0.39 is 41.5 Å². The Morgan fingerprint density at radius 1 is 1.29 bits per heavy atom. The van der Waals surface area contributed by atoms with Crippen LogP contribution in [0.2, 0.25) is 0 Å². The Kier molecular flexibility index (Phi) is 3.54. The average molecular weight is 334 g/mol. The van der Waals surface area contributed by atoms with Gasteiger partial charge < -0.3 is 5.11 Å². The zero-order valence-corrected chi connectivity index (χ0v) is 13.7. The Labute approximate surface area is 126 Å². The fourth-order valence-electron chi connectivity index (χ4n) is 4.60. The minimum atomic E-state index is -3.66. The SMILES string of the molecule is CCCCCS(=O)(=O)[C@@]12[C@@H]3C=C[C@H](C3)[C@@H]1S(=O)(=O)C[C@@H]2O. The third-order valence-corrected chi connectivity index (χ3v) is 10.6. The molecule has 0 spiro atoms. The summed E-state index contributed by atoms with van der Waals surface area (Å²) >= 11 is 0. The molecule has 0 unspecified atom stereocenters. The van der Waals surface area contributed by atoms with E-state index in [2.05, 4.69) is 0 Å². The number of unbranched alkanes of at least 4 members (excludes halogenated alkanes) is 2. The van der Waals surface area contributed by atoms with Crippen LogP contribution in [-0.2, 0) is 19.7 Å². The molecule has 0 aromatic heterocycles. The second-order valence-corrected chi connectivity index (χ2v) is 11.0. The summed E-state index contributed by atoms with van der Waals surface area (Å²) in [5.74, 6) is -1.05. The zero-order valence-electron chi connectivity index (χ0n) is 12.1. The number of hydrogen-bond acceptors (Lipinski definition) is 5. The van der Waals surface area contributed by atoms with Gasteiger partial charge in [-0.1, -0.05) is 31.9 Å². The normalized spacial score (nSPS) is 43.3. The smallest absolute Gasteiger partial charge is 0.160 e. The zero-order chi connectivity index (χ0) is 15.5. The topological polar surface area (TPSA) is 88.5 Å². The van der Waals surface area contributed by atoms with Gasteiger partial charge in [0, 0.05) is 5.92 Å². The predicted octanol–water partition coefficient (Wildman–Crippen LogP) is 0.694. The van der Waals surface area contributed by atoms with Crippen LogP contribution >= 0.6 is 0 Å². The molecule has 1 aliphatic heterocycles. The quantitative estimate of drug-likeness (QED) is 0.590. The van der Waals surface area contributed by atoms with Gasteiger partial charge in [-0.05, 0) is 18.8 Å². The van der Waals surface area contributed by atoms with Gasteiger partial charge in [-0.15, -0.1) is 0 Å². The number of sulfone groups is 2. The maximum absolute atomic E-state index is 12.9. The van der Waals surface area contributed by atoms with Crippen LogP contribution in [0.25, 0.3) is 0 Å². The van der Waals surface area contributed by atoms with Gasteiger partial charge in [-0.2, -0.15) is 0 Å². The Morgan fingerprint density at radius 2 is 2.00 bits per heavy atom. The molecule has 0 radical (unpaired) electrons. The standard InChI is InChI=1S/C14H22O5S2/c1-2-3-4-7-21(18,19)14-11-6-5-10(8-11)13(14)20(16,17)9-12(14)15/h5-6,10-13,15H,2-4,7-9H2,1H3/t10-,11-,12+,13+,14-/m1/s1. The average Bonchev–Trinajstić information content (AvgIpc) is 3.01. The van der Waals surface area contributed by atoms with E-state index in [0.717, 1.165) is 12.8 Å². The highest BCUT2D eigenvalue weighted by Crippen LogP contribution is 2.59. The first-order chi connectivity index (χ1) is 9.77. The molecule has 1 saturated heterocycles. The number of aliphatic hydroxyl groups excluding tert-OH is 1. The lowest BCUT2D eigenvalue weighted by Gasteiger charge is -2.37. The number of rotatable bonds is 5. The summed E-state index contributed by atoms with van der Waals surface area (Å²) in [7, 11) is -7.22. The van der Waals surface area contributed by atoms with Gasteiger partial charge in [-0.25, -0.2) is 16.8 Å². The molecule has 1 N–H and O–H groups in total. The fourth-order valence-corrected chi connectivity index (χ4v) is 10.7. The highest BCUT2D eigenvalue weighted by Gasteiger charge is 2.74. The molecule has 1 saturated carbocycles. The van der Waals surface area contributed by atoms with Gasteiger partial charge in [0.2, 0.25) is 0 Å². The Bertz CT molecular complexity index is 663.